The van der Waals surface area contributed by atoms with E-state index in [9.17, 15) is 9.90 Å². The molecule has 0 aromatic heterocycles. The summed E-state index contributed by atoms with van der Waals surface area (Å²) in [4.78, 5) is 14.3. The topological polar surface area (TPSA) is 61.8 Å². The number of benzene rings is 1. The van der Waals surface area contributed by atoms with Crippen molar-refractivity contribution in [3.63, 3.8) is 0 Å². The summed E-state index contributed by atoms with van der Waals surface area (Å²) < 4.78 is 5.53. The summed E-state index contributed by atoms with van der Waals surface area (Å²) >= 11 is 6.02. The predicted molar refractivity (Wildman–Crippen MR) is 102 cm³/mol. The quantitative estimate of drug-likeness (QED) is 0.761. The lowest BCUT2D eigenvalue weighted by Gasteiger charge is -2.32. The fourth-order valence-corrected chi connectivity index (χ4v) is 4.01. The molecule has 144 valence electrons. The number of nitrogens with one attached hydrogen (secondary N) is 1. The molecule has 5 nitrogen and oxygen atoms in total. The number of carbonyl (C=O) groups excluding carboxylic acids is 1. The zero-order chi connectivity index (χ0) is 18.4. The zero-order valence-corrected chi connectivity index (χ0v) is 16.0. The maximum atomic E-state index is 12.0. The number of ether oxygens (including phenoxy) is 1. The molecule has 0 bridgehead atoms. The molecule has 1 aromatic rings. The molecule has 2 aliphatic heterocycles. The van der Waals surface area contributed by atoms with Gasteiger partial charge in [0.25, 0.3) is 0 Å². The Morgan fingerprint density at radius 3 is 2.85 bits per heavy atom. The second-order valence-corrected chi connectivity index (χ2v) is 7.91. The van der Waals surface area contributed by atoms with Gasteiger partial charge in [-0.15, -0.1) is 0 Å². The highest BCUT2D eigenvalue weighted by molar-refractivity contribution is 6.30. The summed E-state index contributed by atoms with van der Waals surface area (Å²) in [6.07, 6.45) is 6.12. The molecule has 2 aliphatic rings. The fourth-order valence-electron chi connectivity index (χ4n) is 3.81. The van der Waals surface area contributed by atoms with Crippen LogP contribution >= 0.6 is 11.6 Å². The van der Waals surface area contributed by atoms with Crippen LogP contribution in [0.4, 0.5) is 0 Å². The second-order valence-electron chi connectivity index (χ2n) is 7.47. The molecule has 2 heterocycles. The average Bonchev–Trinajstić information content (AvgIpc) is 3.16. The Balaban J connectivity index is 1.33. The number of nitrogens with zero attached hydrogens (tertiary/aromatic N) is 1. The van der Waals surface area contributed by atoms with Gasteiger partial charge in [0, 0.05) is 36.7 Å². The van der Waals surface area contributed by atoms with Crippen molar-refractivity contribution in [1.82, 2.24) is 10.2 Å². The standard InChI is InChI=1S/C20H29ClN2O3/c21-17-4-5-19(24)16(12-17)14-23-9-7-15(8-10-23)3-6-20(25)22-13-18-2-1-11-26-18/h4-5,12,15,18,24H,1-3,6-11,13-14H2,(H,22,25)/t18-/m0/s1. The molecule has 0 aliphatic carbocycles. The van der Waals surface area contributed by atoms with E-state index in [1.54, 1.807) is 12.1 Å². The van der Waals surface area contributed by atoms with Crippen LogP contribution in [0, 0.1) is 5.92 Å². The lowest BCUT2D eigenvalue weighted by atomic mass is 9.92. The first-order chi connectivity index (χ1) is 12.6. The van der Waals surface area contributed by atoms with Crippen LogP contribution in [0.1, 0.15) is 44.1 Å². The summed E-state index contributed by atoms with van der Waals surface area (Å²) in [7, 11) is 0. The third kappa shape index (κ3) is 5.86. The number of aromatic hydroxyl groups is 1. The van der Waals surface area contributed by atoms with E-state index in [0.29, 0.717) is 29.7 Å². The van der Waals surface area contributed by atoms with E-state index < -0.39 is 0 Å². The number of piperidine rings is 1. The molecular weight excluding hydrogens is 352 g/mol. The van der Waals surface area contributed by atoms with Gasteiger partial charge in [0.05, 0.1) is 6.10 Å². The minimum atomic E-state index is 0.145. The van der Waals surface area contributed by atoms with Crippen LogP contribution in [0.25, 0.3) is 0 Å². The van der Waals surface area contributed by atoms with Crippen LogP contribution in [0.3, 0.4) is 0 Å². The van der Waals surface area contributed by atoms with E-state index in [4.69, 9.17) is 16.3 Å². The Morgan fingerprint density at radius 1 is 1.31 bits per heavy atom. The summed E-state index contributed by atoms with van der Waals surface area (Å²) in [6, 6.07) is 5.19. The van der Waals surface area contributed by atoms with Gasteiger partial charge < -0.3 is 15.2 Å². The van der Waals surface area contributed by atoms with E-state index >= 15 is 0 Å². The maximum Gasteiger partial charge on any atom is 0.220 e. The molecule has 2 N–H and O–H groups in total. The van der Waals surface area contributed by atoms with Crippen LogP contribution in [0.5, 0.6) is 5.75 Å². The number of hydrogen-bond acceptors (Lipinski definition) is 4. The third-order valence-electron chi connectivity index (χ3n) is 5.47. The first-order valence-electron chi connectivity index (χ1n) is 9.68. The number of phenols is 1. The number of hydrogen-bond donors (Lipinski definition) is 2. The number of rotatable bonds is 7. The Morgan fingerprint density at radius 2 is 2.12 bits per heavy atom. The molecule has 2 saturated heterocycles. The minimum absolute atomic E-state index is 0.145. The van der Waals surface area contributed by atoms with Gasteiger partial charge in [0.15, 0.2) is 0 Å². The Kier molecular flexibility index (Phi) is 7.17. The van der Waals surface area contributed by atoms with Crippen molar-refractivity contribution >= 4 is 17.5 Å². The van der Waals surface area contributed by atoms with Crippen molar-refractivity contribution < 1.29 is 14.6 Å². The number of phenolic OH excluding ortho intramolecular Hbond substituents is 1. The van der Waals surface area contributed by atoms with Crippen LogP contribution < -0.4 is 5.32 Å². The third-order valence-corrected chi connectivity index (χ3v) is 5.71. The van der Waals surface area contributed by atoms with E-state index in [1.165, 1.54) is 0 Å². The first-order valence-corrected chi connectivity index (χ1v) is 10.1. The van der Waals surface area contributed by atoms with Crippen LogP contribution in [-0.4, -0.2) is 48.3 Å². The van der Waals surface area contributed by atoms with Crippen molar-refractivity contribution in [2.45, 2.75) is 51.2 Å². The second kappa shape index (κ2) is 9.58. The fraction of sp³-hybridized carbons (Fsp3) is 0.650. The van der Waals surface area contributed by atoms with Crippen LogP contribution in [0.15, 0.2) is 18.2 Å². The van der Waals surface area contributed by atoms with Crippen molar-refractivity contribution in [1.29, 1.82) is 0 Å². The van der Waals surface area contributed by atoms with Crippen molar-refractivity contribution in [3.05, 3.63) is 28.8 Å². The molecule has 1 aromatic carbocycles. The normalized spacial score (nSPS) is 21.8. The number of amides is 1. The van der Waals surface area contributed by atoms with Gasteiger partial charge in [-0.05, 0) is 69.3 Å². The summed E-state index contributed by atoms with van der Waals surface area (Å²) in [5.41, 5.74) is 0.879. The Labute approximate surface area is 160 Å². The highest BCUT2D eigenvalue weighted by Gasteiger charge is 2.21. The molecule has 3 rings (SSSR count). The molecule has 26 heavy (non-hydrogen) atoms. The lowest BCUT2D eigenvalue weighted by Crippen LogP contribution is -2.34. The number of halogens is 1. The van der Waals surface area contributed by atoms with E-state index in [2.05, 4.69) is 10.2 Å². The van der Waals surface area contributed by atoms with Gasteiger partial charge in [-0.25, -0.2) is 0 Å². The smallest absolute Gasteiger partial charge is 0.220 e. The van der Waals surface area contributed by atoms with E-state index in [0.717, 1.165) is 63.9 Å². The molecule has 2 fully saturated rings. The molecule has 1 atom stereocenters. The molecule has 6 heteroatoms. The zero-order valence-electron chi connectivity index (χ0n) is 15.3. The van der Waals surface area contributed by atoms with E-state index in [1.807, 2.05) is 6.07 Å². The molecule has 0 spiro atoms. The first kappa shape index (κ1) is 19.5. The van der Waals surface area contributed by atoms with Gasteiger partial charge in [-0.3, -0.25) is 9.69 Å². The average molecular weight is 381 g/mol. The van der Waals surface area contributed by atoms with Gasteiger partial charge in [-0.2, -0.15) is 0 Å². The van der Waals surface area contributed by atoms with E-state index in [-0.39, 0.29) is 12.0 Å². The van der Waals surface area contributed by atoms with Crippen molar-refractivity contribution in [2.24, 2.45) is 5.92 Å². The Hall–Kier alpha value is -1.30. The SMILES string of the molecule is O=C(CCC1CCN(Cc2cc(Cl)ccc2O)CC1)NC[C@@H]1CCCO1. The van der Waals surface area contributed by atoms with Crippen LogP contribution in [0.2, 0.25) is 5.02 Å². The molecule has 0 radical (unpaired) electrons. The number of carbonyl (C=O) groups is 1. The van der Waals surface area contributed by atoms with Gasteiger partial charge >= 0.3 is 0 Å². The Bertz CT molecular complexity index is 597. The monoisotopic (exact) mass is 380 g/mol. The molecule has 0 saturated carbocycles. The van der Waals surface area contributed by atoms with Crippen LogP contribution in [-0.2, 0) is 16.1 Å². The van der Waals surface area contributed by atoms with Crippen molar-refractivity contribution in [3.8, 4) is 5.75 Å². The highest BCUT2D eigenvalue weighted by atomic mass is 35.5. The number of likely N-dealkylation sites (tertiary alicyclic amines) is 1. The molecule has 1 amide bonds. The largest absolute Gasteiger partial charge is 0.508 e. The predicted octanol–water partition coefficient (Wildman–Crippen LogP) is 3.33. The van der Waals surface area contributed by atoms with Gasteiger partial charge in [0.2, 0.25) is 5.91 Å². The summed E-state index contributed by atoms with van der Waals surface area (Å²) in [5.74, 6) is 1.05. The molecular formula is C20H29ClN2O3. The highest BCUT2D eigenvalue weighted by Crippen LogP contribution is 2.27. The van der Waals surface area contributed by atoms with Gasteiger partial charge in [0.1, 0.15) is 5.75 Å². The lowest BCUT2D eigenvalue weighted by molar-refractivity contribution is -0.122. The van der Waals surface area contributed by atoms with Gasteiger partial charge in [-0.1, -0.05) is 11.6 Å². The summed E-state index contributed by atoms with van der Waals surface area (Å²) in [5, 5.41) is 13.6. The van der Waals surface area contributed by atoms with Crippen molar-refractivity contribution in [2.75, 3.05) is 26.2 Å². The molecule has 0 unspecified atom stereocenters. The maximum absolute atomic E-state index is 12.0. The minimum Gasteiger partial charge on any atom is -0.508 e. The summed E-state index contributed by atoms with van der Waals surface area (Å²) in [6.45, 7) is 4.19.